The van der Waals surface area contributed by atoms with Gasteiger partial charge >= 0.3 is 0 Å². The first kappa shape index (κ1) is 15.0. The molecule has 0 aromatic heterocycles. The quantitative estimate of drug-likeness (QED) is 0.870. The number of benzene rings is 2. The van der Waals surface area contributed by atoms with Gasteiger partial charge in [-0.1, -0.05) is 28.1 Å². The van der Waals surface area contributed by atoms with Crippen molar-refractivity contribution >= 4 is 15.9 Å². The van der Waals surface area contributed by atoms with Gasteiger partial charge in [0.1, 0.15) is 11.6 Å². The molecule has 2 aromatic rings. The van der Waals surface area contributed by atoms with Gasteiger partial charge in [-0.3, -0.25) is 0 Å². The van der Waals surface area contributed by atoms with E-state index < -0.39 is 0 Å². The molecule has 0 saturated heterocycles. The Morgan fingerprint density at radius 2 is 2.05 bits per heavy atom. The van der Waals surface area contributed by atoms with Crippen molar-refractivity contribution in [3.8, 4) is 5.75 Å². The second kappa shape index (κ2) is 6.86. The van der Waals surface area contributed by atoms with Gasteiger partial charge in [0.2, 0.25) is 0 Å². The molecule has 0 aliphatic rings. The maximum absolute atomic E-state index is 13.2. The lowest BCUT2D eigenvalue weighted by molar-refractivity contribution is 0.406. The molecule has 2 nitrogen and oxygen atoms in total. The molecule has 0 radical (unpaired) electrons. The first-order chi connectivity index (χ1) is 9.60. The monoisotopic (exact) mass is 337 g/mol. The Morgan fingerprint density at radius 3 is 2.75 bits per heavy atom. The number of hydrogen-bond donors (Lipinski definition) is 1. The van der Waals surface area contributed by atoms with Crippen LogP contribution in [0.3, 0.4) is 0 Å². The van der Waals surface area contributed by atoms with Gasteiger partial charge in [-0.05, 0) is 42.8 Å². The van der Waals surface area contributed by atoms with Crippen molar-refractivity contribution in [1.29, 1.82) is 0 Å². The maximum atomic E-state index is 13.2. The molecule has 0 heterocycles. The molecule has 1 N–H and O–H groups in total. The molecule has 2 rings (SSSR count). The summed E-state index contributed by atoms with van der Waals surface area (Å²) in [5.74, 6) is 0.628. The summed E-state index contributed by atoms with van der Waals surface area (Å²) in [7, 11) is 1.66. The second-order valence-corrected chi connectivity index (χ2v) is 5.53. The molecule has 0 fully saturated rings. The molecule has 0 unspecified atom stereocenters. The highest BCUT2D eigenvalue weighted by Crippen LogP contribution is 2.24. The predicted octanol–water partition coefficient (Wildman–Crippen LogP) is 4.45. The molecule has 106 valence electrons. The van der Waals surface area contributed by atoms with Crippen molar-refractivity contribution in [3.63, 3.8) is 0 Å². The Balaban J connectivity index is 2.06. The number of nitrogens with one attached hydrogen (secondary N) is 1. The topological polar surface area (TPSA) is 21.3 Å². The van der Waals surface area contributed by atoms with E-state index in [1.165, 1.54) is 6.07 Å². The summed E-state index contributed by atoms with van der Waals surface area (Å²) in [6.45, 7) is 2.67. The molecule has 0 spiro atoms. The Labute approximate surface area is 127 Å². The fourth-order valence-corrected chi connectivity index (χ4v) is 2.45. The van der Waals surface area contributed by atoms with Crippen LogP contribution in [0.4, 0.5) is 4.39 Å². The molecule has 20 heavy (non-hydrogen) atoms. The third-order valence-electron chi connectivity index (χ3n) is 3.19. The highest BCUT2D eigenvalue weighted by atomic mass is 79.9. The first-order valence-electron chi connectivity index (χ1n) is 6.41. The maximum Gasteiger partial charge on any atom is 0.123 e. The Hall–Kier alpha value is -1.39. The third kappa shape index (κ3) is 3.81. The summed E-state index contributed by atoms with van der Waals surface area (Å²) in [5, 5.41) is 3.38. The molecule has 1 atom stereocenters. The van der Waals surface area contributed by atoms with Crippen molar-refractivity contribution in [2.45, 2.75) is 19.5 Å². The number of ether oxygens (including phenoxy) is 1. The van der Waals surface area contributed by atoms with E-state index in [0.717, 1.165) is 21.3 Å². The van der Waals surface area contributed by atoms with E-state index in [2.05, 4.69) is 21.2 Å². The highest BCUT2D eigenvalue weighted by molar-refractivity contribution is 9.10. The van der Waals surface area contributed by atoms with Gasteiger partial charge in [-0.2, -0.15) is 0 Å². The lowest BCUT2D eigenvalue weighted by atomic mass is 10.1. The predicted molar refractivity (Wildman–Crippen MR) is 82.3 cm³/mol. The molecule has 2 aromatic carbocycles. The van der Waals surface area contributed by atoms with Gasteiger partial charge in [0.25, 0.3) is 0 Å². The van der Waals surface area contributed by atoms with Crippen LogP contribution < -0.4 is 10.1 Å². The van der Waals surface area contributed by atoms with E-state index in [1.54, 1.807) is 19.2 Å². The average Bonchev–Trinajstić information content (AvgIpc) is 2.45. The van der Waals surface area contributed by atoms with Crippen LogP contribution in [0.25, 0.3) is 0 Å². The summed E-state index contributed by atoms with van der Waals surface area (Å²) in [5.41, 5.74) is 1.99. The van der Waals surface area contributed by atoms with Gasteiger partial charge < -0.3 is 10.1 Å². The van der Waals surface area contributed by atoms with E-state index in [0.29, 0.717) is 6.54 Å². The largest absolute Gasteiger partial charge is 0.496 e. The van der Waals surface area contributed by atoms with Crippen molar-refractivity contribution in [2.75, 3.05) is 7.11 Å². The standard InChI is InChI=1S/C16H17BrFNO/c1-11(12-4-3-5-15(18)9-12)19-10-13-8-14(17)6-7-16(13)20-2/h3-9,11,19H,10H2,1-2H3/t11-/m1/s1. The molecular weight excluding hydrogens is 321 g/mol. The zero-order valence-corrected chi connectivity index (χ0v) is 13.1. The van der Waals surface area contributed by atoms with Crippen LogP contribution in [-0.4, -0.2) is 7.11 Å². The van der Waals surface area contributed by atoms with E-state index in [4.69, 9.17) is 4.74 Å². The zero-order valence-electron chi connectivity index (χ0n) is 11.5. The number of halogens is 2. The van der Waals surface area contributed by atoms with Crippen molar-refractivity contribution < 1.29 is 9.13 Å². The van der Waals surface area contributed by atoms with Gasteiger partial charge in [0, 0.05) is 22.6 Å². The summed E-state index contributed by atoms with van der Waals surface area (Å²) in [4.78, 5) is 0. The Kier molecular flexibility index (Phi) is 5.15. The molecule has 0 saturated carbocycles. The fraction of sp³-hybridized carbons (Fsp3) is 0.250. The van der Waals surface area contributed by atoms with Crippen LogP contribution in [0.2, 0.25) is 0 Å². The van der Waals surface area contributed by atoms with E-state index >= 15 is 0 Å². The van der Waals surface area contributed by atoms with Crippen LogP contribution in [-0.2, 0) is 6.54 Å². The fourth-order valence-electron chi connectivity index (χ4n) is 2.04. The molecule has 4 heteroatoms. The van der Waals surface area contributed by atoms with Crippen LogP contribution in [0.15, 0.2) is 46.9 Å². The van der Waals surface area contributed by atoms with Crippen LogP contribution >= 0.6 is 15.9 Å². The minimum Gasteiger partial charge on any atom is -0.496 e. The third-order valence-corrected chi connectivity index (χ3v) is 3.68. The van der Waals surface area contributed by atoms with Gasteiger partial charge in [0.15, 0.2) is 0 Å². The van der Waals surface area contributed by atoms with E-state index in [9.17, 15) is 4.39 Å². The lowest BCUT2D eigenvalue weighted by Crippen LogP contribution is -2.18. The Bertz CT molecular complexity index is 588. The number of rotatable bonds is 5. The van der Waals surface area contributed by atoms with Gasteiger partial charge in [-0.15, -0.1) is 0 Å². The summed E-state index contributed by atoms with van der Waals surface area (Å²) in [6.07, 6.45) is 0. The smallest absolute Gasteiger partial charge is 0.123 e. The molecular formula is C16H17BrFNO. The first-order valence-corrected chi connectivity index (χ1v) is 7.20. The highest BCUT2D eigenvalue weighted by Gasteiger charge is 2.08. The van der Waals surface area contributed by atoms with Gasteiger partial charge in [-0.25, -0.2) is 4.39 Å². The number of methoxy groups -OCH3 is 1. The van der Waals surface area contributed by atoms with Crippen molar-refractivity contribution in [3.05, 3.63) is 63.9 Å². The molecule has 0 aliphatic heterocycles. The van der Waals surface area contributed by atoms with Crippen LogP contribution in [0.5, 0.6) is 5.75 Å². The van der Waals surface area contributed by atoms with E-state index in [-0.39, 0.29) is 11.9 Å². The minimum absolute atomic E-state index is 0.0642. The SMILES string of the molecule is COc1ccc(Br)cc1CN[C@H](C)c1cccc(F)c1. The normalized spacial score (nSPS) is 12.2. The summed E-state index contributed by atoms with van der Waals surface area (Å²) < 4.78 is 19.6. The lowest BCUT2D eigenvalue weighted by Gasteiger charge is -2.16. The van der Waals surface area contributed by atoms with Gasteiger partial charge in [0.05, 0.1) is 7.11 Å². The molecule has 0 amide bonds. The second-order valence-electron chi connectivity index (χ2n) is 4.61. The summed E-state index contributed by atoms with van der Waals surface area (Å²) >= 11 is 3.45. The molecule has 0 aliphatic carbocycles. The summed E-state index contributed by atoms with van der Waals surface area (Å²) in [6, 6.07) is 12.6. The van der Waals surface area contributed by atoms with Crippen LogP contribution in [0.1, 0.15) is 24.1 Å². The molecule has 0 bridgehead atoms. The minimum atomic E-state index is -0.212. The van der Waals surface area contributed by atoms with Crippen LogP contribution in [0, 0.1) is 5.82 Å². The van der Waals surface area contributed by atoms with Crippen molar-refractivity contribution in [2.24, 2.45) is 0 Å². The van der Waals surface area contributed by atoms with Crippen molar-refractivity contribution in [1.82, 2.24) is 5.32 Å². The Morgan fingerprint density at radius 1 is 1.25 bits per heavy atom. The average molecular weight is 338 g/mol. The number of hydrogen-bond acceptors (Lipinski definition) is 2. The van der Waals surface area contributed by atoms with E-state index in [1.807, 2.05) is 31.2 Å². The zero-order chi connectivity index (χ0) is 14.5.